The predicted molar refractivity (Wildman–Crippen MR) is 138 cm³/mol. The molecule has 0 bridgehead atoms. The Morgan fingerprint density at radius 1 is 1.09 bits per heavy atom. The number of nitrogens with two attached hydrogens (primary N) is 2. The molecule has 4 rings (SSSR count). The second kappa shape index (κ2) is 9.76. The summed E-state index contributed by atoms with van der Waals surface area (Å²) in [6, 6.07) is 14.6. The first-order chi connectivity index (χ1) is 16.8. The number of fused-ring (bicyclic) bond motifs is 1. The average Bonchev–Trinajstić information content (AvgIpc) is 2.82. The largest absolute Gasteiger partial charge is 0.368 e. The van der Waals surface area contributed by atoms with Gasteiger partial charge in [-0.15, -0.1) is 0 Å². The lowest BCUT2D eigenvalue weighted by Gasteiger charge is -2.23. The number of primary amides is 1. The molecule has 9 heteroatoms. The molecule has 0 saturated heterocycles. The molecule has 0 saturated carbocycles. The highest BCUT2D eigenvalue weighted by Gasteiger charge is 2.22. The summed E-state index contributed by atoms with van der Waals surface area (Å²) in [7, 11) is 0. The average molecular weight is 470 g/mol. The molecule has 0 aliphatic carbocycles. The quantitative estimate of drug-likeness (QED) is 0.352. The van der Waals surface area contributed by atoms with Crippen molar-refractivity contribution < 1.29 is 4.79 Å². The minimum absolute atomic E-state index is 0.0821. The number of benzene rings is 2. The number of aryl methyl sites for hydroxylation is 2. The van der Waals surface area contributed by atoms with Crippen molar-refractivity contribution >= 4 is 34.7 Å². The molecule has 35 heavy (non-hydrogen) atoms. The molecule has 2 aromatic heterocycles. The fourth-order valence-corrected chi connectivity index (χ4v) is 4.07. The number of aromatic nitrogens is 4. The third kappa shape index (κ3) is 4.74. The summed E-state index contributed by atoms with van der Waals surface area (Å²) in [5.74, 6) is 0.432. The first-order valence-electron chi connectivity index (χ1n) is 11.3. The number of nitrogens with zero attached hydrogens (tertiary/aromatic N) is 4. The van der Waals surface area contributed by atoms with Gasteiger partial charge in [-0.3, -0.25) is 14.2 Å². The van der Waals surface area contributed by atoms with Crippen molar-refractivity contribution in [1.82, 2.24) is 19.5 Å². The zero-order valence-electron chi connectivity index (χ0n) is 19.8. The predicted octanol–water partition coefficient (Wildman–Crippen LogP) is 3.44. The Bertz CT molecular complexity index is 1490. The highest BCUT2D eigenvalue weighted by atomic mass is 16.1. The molecule has 0 spiro atoms. The number of para-hydroxylation sites is 1. The van der Waals surface area contributed by atoms with Gasteiger partial charge in [0.15, 0.2) is 0 Å². The van der Waals surface area contributed by atoms with Gasteiger partial charge in [-0.25, -0.2) is 9.97 Å². The summed E-state index contributed by atoms with van der Waals surface area (Å²) in [5, 5.41) is 3.95. The van der Waals surface area contributed by atoms with E-state index in [1.165, 1.54) is 6.08 Å². The summed E-state index contributed by atoms with van der Waals surface area (Å²) in [4.78, 5) is 38.6. The van der Waals surface area contributed by atoms with E-state index in [0.29, 0.717) is 45.9 Å². The van der Waals surface area contributed by atoms with Crippen molar-refractivity contribution in [3.63, 3.8) is 0 Å². The third-order valence-electron chi connectivity index (χ3n) is 5.74. The van der Waals surface area contributed by atoms with Gasteiger partial charge in [-0.2, -0.15) is 4.98 Å². The zero-order chi connectivity index (χ0) is 25.1. The molecule has 1 atom stereocenters. The molecular formula is C26H27N7O2. The van der Waals surface area contributed by atoms with Crippen molar-refractivity contribution in [2.45, 2.75) is 33.2 Å². The highest BCUT2D eigenvalue weighted by molar-refractivity contribution is 5.91. The maximum atomic E-state index is 13.8. The van der Waals surface area contributed by atoms with Crippen LogP contribution in [-0.4, -0.2) is 25.4 Å². The number of nitrogen functional groups attached to an aromatic ring is 1. The van der Waals surface area contributed by atoms with Gasteiger partial charge in [0, 0.05) is 11.6 Å². The Morgan fingerprint density at radius 3 is 2.51 bits per heavy atom. The van der Waals surface area contributed by atoms with E-state index in [1.54, 1.807) is 17.6 Å². The van der Waals surface area contributed by atoms with Crippen molar-refractivity contribution in [2.75, 3.05) is 11.1 Å². The van der Waals surface area contributed by atoms with E-state index >= 15 is 0 Å². The second-order valence-corrected chi connectivity index (χ2v) is 8.19. The summed E-state index contributed by atoms with van der Waals surface area (Å²) in [5.41, 5.74) is 14.4. The lowest BCUT2D eigenvalue weighted by Crippen LogP contribution is -2.29. The number of anilines is 2. The van der Waals surface area contributed by atoms with Gasteiger partial charge in [-0.1, -0.05) is 37.3 Å². The Hall–Kier alpha value is -4.53. The summed E-state index contributed by atoms with van der Waals surface area (Å²) < 4.78 is 1.63. The van der Waals surface area contributed by atoms with Crippen molar-refractivity contribution in [3.8, 4) is 5.69 Å². The van der Waals surface area contributed by atoms with Crippen molar-refractivity contribution in [2.24, 2.45) is 5.73 Å². The molecule has 2 aromatic carbocycles. The molecule has 0 radical (unpaired) electrons. The van der Waals surface area contributed by atoms with Gasteiger partial charge in [-0.05, 0) is 50.1 Å². The topological polar surface area (TPSA) is 142 Å². The summed E-state index contributed by atoms with van der Waals surface area (Å²) in [6.45, 7) is 5.65. The molecule has 0 aliphatic rings. The van der Waals surface area contributed by atoms with E-state index in [0.717, 1.165) is 5.56 Å². The minimum atomic E-state index is -0.594. The third-order valence-corrected chi connectivity index (χ3v) is 5.74. The molecule has 5 N–H and O–H groups in total. The van der Waals surface area contributed by atoms with Gasteiger partial charge in [0.05, 0.1) is 28.3 Å². The van der Waals surface area contributed by atoms with E-state index in [-0.39, 0.29) is 11.5 Å². The molecule has 178 valence electrons. The zero-order valence-corrected chi connectivity index (χ0v) is 19.8. The first kappa shape index (κ1) is 23.6. The second-order valence-electron chi connectivity index (χ2n) is 8.19. The van der Waals surface area contributed by atoms with Crippen LogP contribution >= 0.6 is 0 Å². The molecular weight excluding hydrogens is 442 g/mol. The monoisotopic (exact) mass is 469 g/mol. The van der Waals surface area contributed by atoms with E-state index in [2.05, 4.69) is 15.3 Å². The summed E-state index contributed by atoms with van der Waals surface area (Å²) >= 11 is 0. The fourth-order valence-electron chi connectivity index (χ4n) is 4.07. The molecule has 2 heterocycles. The Morgan fingerprint density at radius 2 is 1.83 bits per heavy atom. The van der Waals surface area contributed by atoms with Crippen LogP contribution in [-0.2, 0) is 4.79 Å². The molecule has 1 amide bonds. The number of nitrogens with one attached hydrogen (secondary N) is 1. The van der Waals surface area contributed by atoms with Crippen LogP contribution in [0.5, 0.6) is 0 Å². The molecule has 0 fully saturated rings. The maximum absolute atomic E-state index is 13.8. The van der Waals surface area contributed by atoms with Gasteiger partial charge >= 0.3 is 0 Å². The molecule has 0 aliphatic heterocycles. The van der Waals surface area contributed by atoms with E-state index in [1.807, 2.05) is 62.4 Å². The molecule has 9 nitrogen and oxygen atoms in total. The number of carbonyl (C=O) groups is 1. The number of hydrogen-bond donors (Lipinski definition) is 3. The summed E-state index contributed by atoms with van der Waals surface area (Å²) in [6.07, 6.45) is 3.37. The van der Waals surface area contributed by atoms with E-state index < -0.39 is 11.9 Å². The standard InChI is InChI=1S/C26H27N7O2/c1-4-19(30-23-18(13-14-21(27)34)16(3)29-26(28)32-23)24-31-20-12-8-9-15(2)22(20)25(35)33(24)17-10-6-5-7-11-17/h5-14,19H,4H2,1-3H3,(H2,27,34)(H3,28,29,30,32). The number of carbonyl (C=O) groups excluding carboxylic acids is 1. The lowest BCUT2D eigenvalue weighted by atomic mass is 10.1. The number of hydrogen-bond acceptors (Lipinski definition) is 7. The van der Waals surface area contributed by atoms with E-state index in [9.17, 15) is 9.59 Å². The minimum Gasteiger partial charge on any atom is -0.368 e. The van der Waals surface area contributed by atoms with Crippen LogP contribution in [0, 0.1) is 13.8 Å². The van der Waals surface area contributed by atoms with Crippen LogP contribution in [0.2, 0.25) is 0 Å². The Kier molecular flexibility index (Phi) is 6.59. The number of amides is 1. The SMILES string of the molecule is CCC(Nc1nc(N)nc(C)c1C=CC(N)=O)c1nc2cccc(C)c2c(=O)n1-c1ccccc1. The first-order valence-corrected chi connectivity index (χ1v) is 11.3. The van der Waals surface area contributed by atoms with Crippen LogP contribution in [0.1, 0.15) is 42.0 Å². The van der Waals surface area contributed by atoms with Crippen LogP contribution in [0.15, 0.2) is 59.4 Å². The fraction of sp³-hybridized carbons (Fsp3) is 0.192. The smallest absolute Gasteiger partial charge is 0.266 e. The molecule has 1 unspecified atom stereocenters. The van der Waals surface area contributed by atoms with Crippen molar-refractivity contribution in [3.05, 3.63) is 87.6 Å². The van der Waals surface area contributed by atoms with Crippen LogP contribution in [0.4, 0.5) is 11.8 Å². The number of rotatable bonds is 7. The van der Waals surface area contributed by atoms with E-state index in [4.69, 9.17) is 16.5 Å². The van der Waals surface area contributed by atoms with Crippen molar-refractivity contribution in [1.29, 1.82) is 0 Å². The normalized spacial score (nSPS) is 12.2. The Balaban J connectivity index is 1.94. The van der Waals surface area contributed by atoms with Gasteiger partial charge in [0.25, 0.3) is 5.56 Å². The lowest BCUT2D eigenvalue weighted by molar-refractivity contribution is -0.113. The highest BCUT2D eigenvalue weighted by Crippen LogP contribution is 2.28. The maximum Gasteiger partial charge on any atom is 0.266 e. The molecule has 4 aromatic rings. The van der Waals surface area contributed by atoms with Crippen LogP contribution in [0.25, 0.3) is 22.7 Å². The van der Waals surface area contributed by atoms with Gasteiger partial charge < -0.3 is 16.8 Å². The van der Waals surface area contributed by atoms with Crippen LogP contribution in [0.3, 0.4) is 0 Å². The van der Waals surface area contributed by atoms with Crippen LogP contribution < -0.4 is 22.3 Å². The van der Waals surface area contributed by atoms with Gasteiger partial charge in [0.2, 0.25) is 11.9 Å². The Labute approximate surface area is 202 Å². The van der Waals surface area contributed by atoms with Gasteiger partial charge in [0.1, 0.15) is 11.6 Å².